The first-order chi connectivity index (χ1) is 6.13. The predicted molar refractivity (Wildman–Crippen MR) is 54.7 cm³/mol. The molecule has 0 fully saturated rings. The lowest BCUT2D eigenvalue weighted by molar-refractivity contribution is 0.197. The summed E-state index contributed by atoms with van der Waals surface area (Å²) >= 11 is 7.11. The highest BCUT2D eigenvalue weighted by Crippen LogP contribution is 2.03. The van der Waals surface area contributed by atoms with Crippen LogP contribution in [0.15, 0.2) is 5.29 Å². The van der Waals surface area contributed by atoms with E-state index in [1.54, 1.807) is 11.8 Å². The van der Waals surface area contributed by atoms with Crippen molar-refractivity contribution in [3.8, 4) is 0 Å². The summed E-state index contributed by atoms with van der Waals surface area (Å²) in [7, 11) is 0. The van der Waals surface area contributed by atoms with Gasteiger partial charge in [-0.2, -0.15) is 16.8 Å². The van der Waals surface area contributed by atoms with E-state index in [-0.39, 0.29) is 0 Å². The second-order valence-electron chi connectivity index (χ2n) is 2.22. The fourth-order valence-corrected chi connectivity index (χ4v) is 1.04. The van der Waals surface area contributed by atoms with E-state index in [9.17, 15) is 9.70 Å². The Kier molecular flexibility index (Phi) is 6.70. The first kappa shape index (κ1) is 12.5. The van der Waals surface area contributed by atoms with E-state index >= 15 is 0 Å². The molecule has 0 bridgehead atoms. The average Bonchev–Trinajstić information content (AvgIpc) is 2.05. The molecule has 1 unspecified atom stereocenters. The number of carbonyl (C=O) groups is 1. The Bertz CT molecular complexity index is 179. The van der Waals surface area contributed by atoms with Gasteiger partial charge in [-0.3, -0.25) is 0 Å². The smallest absolute Gasteiger partial charge is 0.336 e. The zero-order chi connectivity index (χ0) is 10.3. The molecule has 0 aliphatic rings. The monoisotopic (exact) mass is 225 g/mol. The van der Waals surface area contributed by atoms with Gasteiger partial charge in [0.2, 0.25) is 0 Å². The normalized spacial score (nSPS) is 11.9. The van der Waals surface area contributed by atoms with E-state index in [0.29, 0.717) is 11.6 Å². The molecule has 7 heteroatoms. The standard InChI is InChI=1S/C6H12ClN3O2S/c1-5(7)10(9-12)6(11)8-3-4-13-2/h5H,3-4H2,1-2H3,(H,8,11). The maximum Gasteiger partial charge on any atom is 0.341 e. The van der Waals surface area contributed by atoms with Gasteiger partial charge >= 0.3 is 6.03 Å². The summed E-state index contributed by atoms with van der Waals surface area (Å²) in [6, 6.07) is -0.563. The van der Waals surface area contributed by atoms with Crippen molar-refractivity contribution in [1.82, 2.24) is 10.3 Å². The number of carbonyl (C=O) groups excluding carboxylic acids is 1. The number of hydrogen-bond acceptors (Lipinski definition) is 4. The van der Waals surface area contributed by atoms with Crippen LogP contribution < -0.4 is 5.32 Å². The lowest BCUT2D eigenvalue weighted by atomic mass is 10.6. The van der Waals surface area contributed by atoms with Crippen molar-refractivity contribution < 1.29 is 4.79 Å². The highest BCUT2D eigenvalue weighted by molar-refractivity contribution is 7.98. The van der Waals surface area contributed by atoms with Gasteiger partial charge in [0.25, 0.3) is 0 Å². The molecule has 1 atom stereocenters. The highest BCUT2D eigenvalue weighted by Gasteiger charge is 2.18. The van der Waals surface area contributed by atoms with Gasteiger partial charge in [-0.05, 0) is 13.2 Å². The lowest BCUT2D eigenvalue weighted by Crippen LogP contribution is -2.40. The van der Waals surface area contributed by atoms with Crippen molar-refractivity contribution in [2.24, 2.45) is 5.29 Å². The van der Waals surface area contributed by atoms with E-state index in [2.05, 4.69) is 10.6 Å². The Morgan fingerprint density at radius 3 is 2.77 bits per heavy atom. The van der Waals surface area contributed by atoms with E-state index in [1.165, 1.54) is 6.92 Å². The largest absolute Gasteiger partial charge is 0.341 e. The van der Waals surface area contributed by atoms with Gasteiger partial charge in [0.05, 0.1) is 5.29 Å². The summed E-state index contributed by atoms with van der Waals surface area (Å²) in [6.45, 7) is 1.99. The molecule has 0 saturated heterocycles. The molecule has 0 heterocycles. The van der Waals surface area contributed by atoms with Crippen molar-refractivity contribution in [1.29, 1.82) is 0 Å². The molecule has 0 spiro atoms. The Labute approximate surface area is 86.1 Å². The summed E-state index contributed by atoms with van der Waals surface area (Å²) in [5.41, 5.74) is -0.730. The average molecular weight is 226 g/mol. The van der Waals surface area contributed by atoms with Gasteiger partial charge in [0.15, 0.2) is 0 Å². The van der Waals surface area contributed by atoms with E-state index in [4.69, 9.17) is 11.6 Å². The van der Waals surface area contributed by atoms with E-state index < -0.39 is 11.5 Å². The molecular weight excluding hydrogens is 214 g/mol. The molecule has 0 aromatic rings. The maximum atomic E-state index is 11.1. The van der Waals surface area contributed by atoms with Crippen LogP contribution in [-0.2, 0) is 0 Å². The molecule has 76 valence electrons. The number of thioether (sulfide) groups is 1. The van der Waals surface area contributed by atoms with Crippen LogP contribution in [0.4, 0.5) is 4.79 Å². The zero-order valence-electron chi connectivity index (χ0n) is 7.49. The van der Waals surface area contributed by atoms with Crippen LogP contribution >= 0.6 is 23.4 Å². The molecule has 2 amide bonds. The molecule has 1 N–H and O–H groups in total. The molecular formula is C6H12ClN3O2S. The fraction of sp³-hybridized carbons (Fsp3) is 0.833. The fourth-order valence-electron chi connectivity index (χ4n) is 0.605. The Morgan fingerprint density at radius 2 is 2.38 bits per heavy atom. The molecule has 0 saturated carbocycles. The minimum Gasteiger partial charge on any atom is -0.336 e. The van der Waals surface area contributed by atoms with Gasteiger partial charge < -0.3 is 5.32 Å². The van der Waals surface area contributed by atoms with Gasteiger partial charge in [0, 0.05) is 12.3 Å². The highest BCUT2D eigenvalue weighted by atomic mass is 35.5. The van der Waals surface area contributed by atoms with Crippen LogP contribution in [-0.4, -0.2) is 35.1 Å². The van der Waals surface area contributed by atoms with Gasteiger partial charge in [0.1, 0.15) is 5.50 Å². The van der Waals surface area contributed by atoms with E-state index in [0.717, 1.165) is 5.75 Å². The molecule has 0 aromatic heterocycles. The van der Waals surface area contributed by atoms with Crippen LogP contribution in [0.1, 0.15) is 6.92 Å². The third kappa shape index (κ3) is 4.94. The van der Waals surface area contributed by atoms with Gasteiger partial charge in [-0.15, -0.1) is 4.91 Å². The summed E-state index contributed by atoms with van der Waals surface area (Å²) < 4.78 is 0. The van der Waals surface area contributed by atoms with Crippen LogP contribution in [0.3, 0.4) is 0 Å². The number of alkyl halides is 1. The van der Waals surface area contributed by atoms with Crippen molar-refractivity contribution in [2.75, 3.05) is 18.6 Å². The number of urea groups is 1. The minimum absolute atomic E-state index is 0.496. The first-order valence-corrected chi connectivity index (χ1v) is 5.49. The minimum atomic E-state index is -0.730. The summed E-state index contributed by atoms with van der Waals surface area (Å²) in [6.07, 6.45) is 1.92. The summed E-state index contributed by atoms with van der Waals surface area (Å²) in [5.74, 6) is 0.787. The lowest BCUT2D eigenvalue weighted by Gasteiger charge is -2.15. The molecule has 0 aliphatic heterocycles. The van der Waals surface area contributed by atoms with Gasteiger partial charge in [-0.1, -0.05) is 11.6 Å². The van der Waals surface area contributed by atoms with Crippen LogP contribution in [0.25, 0.3) is 0 Å². The molecule has 0 aromatic carbocycles. The van der Waals surface area contributed by atoms with Gasteiger partial charge in [-0.25, -0.2) is 4.79 Å². The van der Waals surface area contributed by atoms with Crippen molar-refractivity contribution in [2.45, 2.75) is 12.4 Å². The topological polar surface area (TPSA) is 61.8 Å². The number of nitroso groups, excluding NO2 is 1. The van der Waals surface area contributed by atoms with Crippen LogP contribution in [0.5, 0.6) is 0 Å². The molecule has 0 radical (unpaired) electrons. The Hall–Kier alpha value is -0.490. The third-order valence-electron chi connectivity index (χ3n) is 1.22. The second kappa shape index (κ2) is 6.97. The Morgan fingerprint density at radius 1 is 1.77 bits per heavy atom. The number of nitrogens with one attached hydrogen (secondary N) is 1. The number of hydrogen-bond donors (Lipinski definition) is 1. The predicted octanol–water partition coefficient (Wildman–Crippen LogP) is 1.63. The second-order valence-corrected chi connectivity index (χ2v) is 3.84. The SMILES string of the molecule is CSCCNC(=O)N(N=O)C(C)Cl. The number of amides is 2. The number of nitrogens with zero attached hydrogens (tertiary/aromatic N) is 2. The van der Waals surface area contributed by atoms with Crippen LogP contribution in [0.2, 0.25) is 0 Å². The molecule has 0 rings (SSSR count). The third-order valence-corrected chi connectivity index (χ3v) is 2.01. The van der Waals surface area contributed by atoms with Crippen molar-refractivity contribution in [3.63, 3.8) is 0 Å². The number of rotatable bonds is 5. The number of halogens is 1. The first-order valence-electron chi connectivity index (χ1n) is 3.66. The molecule has 13 heavy (non-hydrogen) atoms. The summed E-state index contributed by atoms with van der Waals surface area (Å²) in [4.78, 5) is 21.3. The Balaban J connectivity index is 3.85. The maximum absolute atomic E-state index is 11.1. The molecule has 0 aliphatic carbocycles. The van der Waals surface area contributed by atoms with Crippen molar-refractivity contribution in [3.05, 3.63) is 4.91 Å². The van der Waals surface area contributed by atoms with E-state index in [1.807, 2.05) is 6.26 Å². The zero-order valence-corrected chi connectivity index (χ0v) is 9.06. The molecule has 5 nitrogen and oxygen atoms in total. The van der Waals surface area contributed by atoms with Crippen LogP contribution in [0, 0.1) is 4.91 Å². The summed E-state index contributed by atoms with van der Waals surface area (Å²) in [5, 5.41) is 5.66. The quantitative estimate of drug-likeness (QED) is 0.254. The van der Waals surface area contributed by atoms with Crippen molar-refractivity contribution >= 4 is 29.4 Å².